The molecular formula is C15H18ClN3O2. The third-order valence-corrected chi connectivity index (χ3v) is 3.43. The van der Waals surface area contributed by atoms with Gasteiger partial charge in [0, 0.05) is 13.6 Å². The molecule has 1 amide bonds. The zero-order valence-corrected chi connectivity index (χ0v) is 12.9. The number of para-hydroxylation sites is 1. The average Bonchev–Trinajstić information content (AvgIpc) is 2.73. The Labute approximate surface area is 128 Å². The van der Waals surface area contributed by atoms with Crippen LogP contribution in [-0.2, 0) is 7.05 Å². The first-order valence-corrected chi connectivity index (χ1v) is 7.12. The summed E-state index contributed by atoms with van der Waals surface area (Å²) in [6, 6.07) is 9.58. The predicted octanol–water partition coefficient (Wildman–Crippen LogP) is 2.58. The second-order valence-electron chi connectivity index (χ2n) is 4.65. The minimum Gasteiger partial charge on any atom is -0.494 e. The van der Waals surface area contributed by atoms with Gasteiger partial charge in [0.15, 0.2) is 0 Å². The van der Waals surface area contributed by atoms with Gasteiger partial charge >= 0.3 is 0 Å². The Bertz CT molecular complexity index is 611. The molecule has 0 radical (unpaired) electrons. The third-order valence-electron chi connectivity index (χ3n) is 3.00. The van der Waals surface area contributed by atoms with E-state index in [1.54, 1.807) is 14.0 Å². The molecule has 0 unspecified atom stereocenters. The van der Waals surface area contributed by atoms with E-state index in [0.29, 0.717) is 29.6 Å². The van der Waals surface area contributed by atoms with Crippen LogP contribution in [0.1, 0.15) is 22.5 Å². The van der Waals surface area contributed by atoms with Crippen molar-refractivity contribution in [2.75, 3.05) is 13.2 Å². The van der Waals surface area contributed by atoms with Gasteiger partial charge in [-0.25, -0.2) is 0 Å². The number of halogens is 1. The molecule has 0 saturated carbocycles. The molecule has 0 aliphatic heterocycles. The van der Waals surface area contributed by atoms with Gasteiger partial charge in [0.1, 0.15) is 10.9 Å². The SMILES string of the molecule is Cc1nn(C)c(Cl)c1C(=O)NCCCOc1ccccc1. The molecule has 0 fully saturated rings. The number of benzene rings is 1. The van der Waals surface area contributed by atoms with Gasteiger partial charge in [-0.2, -0.15) is 5.10 Å². The van der Waals surface area contributed by atoms with Gasteiger partial charge in [0.25, 0.3) is 5.91 Å². The fourth-order valence-electron chi connectivity index (χ4n) is 1.96. The van der Waals surface area contributed by atoms with Crippen LogP contribution in [0.2, 0.25) is 5.15 Å². The summed E-state index contributed by atoms with van der Waals surface area (Å²) in [7, 11) is 1.71. The number of amides is 1. The monoisotopic (exact) mass is 307 g/mol. The lowest BCUT2D eigenvalue weighted by Crippen LogP contribution is -2.26. The van der Waals surface area contributed by atoms with Crippen molar-refractivity contribution in [3.8, 4) is 5.75 Å². The molecular weight excluding hydrogens is 290 g/mol. The van der Waals surface area contributed by atoms with Gasteiger partial charge in [-0.1, -0.05) is 29.8 Å². The first-order valence-electron chi connectivity index (χ1n) is 6.74. The third kappa shape index (κ3) is 3.98. The molecule has 1 N–H and O–H groups in total. The standard InChI is InChI=1S/C15H18ClN3O2/c1-11-13(14(16)19(2)18-11)15(20)17-9-6-10-21-12-7-4-3-5-8-12/h3-5,7-8H,6,9-10H2,1-2H3,(H,17,20). The van der Waals surface area contributed by atoms with Crippen molar-refractivity contribution in [1.29, 1.82) is 0 Å². The second kappa shape index (κ2) is 7.13. The Kier molecular flexibility index (Phi) is 5.22. The summed E-state index contributed by atoms with van der Waals surface area (Å²) in [4.78, 5) is 12.0. The Balaban J connectivity index is 1.75. The van der Waals surface area contributed by atoms with Crippen LogP contribution in [0.25, 0.3) is 0 Å². The van der Waals surface area contributed by atoms with Gasteiger partial charge in [0.2, 0.25) is 0 Å². The van der Waals surface area contributed by atoms with Crippen molar-refractivity contribution in [2.24, 2.45) is 7.05 Å². The molecule has 0 bridgehead atoms. The van der Waals surface area contributed by atoms with Crippen LogP contribution in [0.5, 0.6) is 5.75 Å². The van der Waals surface area contributed by atoms with E-state index in [4.69, 9.17) is 16.3 Å². The molecule has 0 atom stereocenters. The molecule has 1 heterocycles. The molecule has 0 aliphatic rings. The second-order valence-corrected chi connectivity index (χ2v) is 5.00. The minimum absolute atomic E-state index is 0.203. The van der Waals surface area contributed by atoms with Gasteiger partial charge in [-0.05, 0) is 25.5 Å². The lowest BCUT2D eigenvalue weighted by Gasteiger charge is -2.07. The maximum Gasteiger partial charge on any atom is 0.256 e. The normalized spacial score (nSPS) is 10.4. The van der Waals surface area contributed by atoms with Gasteiger partial charge in [-0.15, -0.1) is 0 Å². The van der Waals surface area contributed by atoms with E-state index in [0.717, 1.165) is 12.2 Å². The number of aryl methyl sites for hydroxylation is 2. The topological polar surface area (TPSA) is 56.2 Å². The number of carbonyl (C=O) groups is 1. The number of carbonyl (C=O) groups excluding carboxylic acids is 1. The number of rotatable bonds is 6. The molecule has 0 aliphatic carbocycles. The van der Waals surface area contributed by atoms with Gasteiger partial charge < -0.3 is 10.1 Å². The zero-order chi connectivity index (χ0) is 15.2. The summed E-state index contributed by atoms with van der Waals surface area (Å²) in [6.07, 6.45) is 0.720. The van der Waals surface area contributed by atoms with E-state index in [2.05, 4.69) is 10.4 Å². The van der Waals surface area contributed by atoms with Crippen LogP contribution in [-0.4, -0.2) is 28.8 Å². The summed E-state index contributed by atoms with van der Waals surface area (Å²) in [5.41, 5.74) is 1.06. The lowest BCUT2D eigenvalue weighted by atomic mass is 10.2. The van der Waals surface area contributed by atoms with Crippen LogP contribution in [0, 0.1) is 6.92 Å². The number of hydrogen-bond acceptors (Lipinski definition) is 3. The zero-order valence-electron chi connectivity index (χ0n) is 12.1. The predicted molar refractivity (Wildman–Crippen MR) is 81.8 cm³/mol. The Morgan fingerprint density at radius 3 is 2.71 bits per heavy atom. The molecule has 112 valence electrons. The van der Waals surface area contributed by atoms with E-state index >= 15 is 0 Å². The average molecular weight is 308 g/mol. The molecule has 2 rings (SSSR count). The highest BCUT2D eigenvalue weighted by Crippen LogP contribution is 2.18. The van der Waals surface area contributed by atoms with Gasteiger partial charge in [-0.3, -0.25) is 9.48 Å². The van der Waals surface area contributed by atoms with E-state index in [1.165, 1.54) is 4.68 Å². The first-order chi connectivity index (χ1) is 10.1. The van der Waals surface area contributed by atoms with Crippen molar-refractivity contribution in [3.05, 3.63) is 46.7 Å². The lowest BCUT2D eigenvalue weighted by molar-refractivity contribution is 0.0951. The Hall–Kier alpha value is -2.01. The van der Waals surface area contributed by atoms with Crippen LogP contribution < -0.4 is 10.1 Å². The molecule has 5 nitrogen and oxygen atoms in total. The quantitative estimate of drug-likeness (QED) is 0.835. The number of aromatic nitrogens is 2. The highest BCUT2D eigenvalue weighted by molar-refractivity contribution is 6.33. The molecule has 2 aromatic rings. The Morgan fingerprint density at radius 2 is 2.10 bits per heavy atom. The van der Waals surface area contributed by atoms with E-state index in [9.17, 15) is 4.79 Å². The van der Waals surface area contributed by atoms with Gasteiger partial charge in [0.05, 0.1) is 17.9 Å². The van der Waals surface area contributed by atoms with Crippen molar-refractivity contribution in [1.82, 2.24) is 15.1 Å². The Morgan fingerprint density at radius 1 is 1.38 bits per heavy atom. The van der Waals surface area contributed by atoms with Crippen LogP contribution in [0.15, 0.2) is 30.3 Å². The van der Waals surface area contributed by atoms with Crippen molar-refractivity contribution >= 4 is 17.5 Å². The summed E-state index contributed by atoms with van der Waals surface area (Å²) in [5, 5.41) is 7.29. The fourth-order valence-corrected chi connectivity index (χ4v) is 2.22. The smallest absolute Gasteiger partial charge is 0.256 e. The molecule has 0 spiro atoms. The number of nitrogens with zero attached hydrogens (tertiary/aromatic N) is 2. The maximum absolute atomic E-state index is 12.0. The van der Waals surface area contributed by atoms with E-state index in [-0.39, 0.29) is 5.91 Å². The van der Waals surface area contributed by atoms with Crippen LogP contribution >= 0.6 is 11.6 Å². The first kappa shape index (κ1) is 15.4. The summed E-state index contributed by atoms with van der Waals surface area (Å²) < 4.78 is 7.04. The van der Waals surface area contributed by atoms with Crippen molar-refractivity contribution in [3.63, 3.8) is 0 Å². The number of hydrogen-bond donors (Lipinski definition) is 1. The van der Waals surface area contributed by atoms with E-state index in [1.807, 2.05) is 30.3 Å². The number of nitrogens with one attached hydrogen (secondary N) is 1. The van der Waals surface area contributed by atoms with Crippen molar-refractivity contribution < 1.29 is 9.53 Å². The van der Waals surface area contributed by atoms with Crippen LogP contribution in [0.4, 0.5) is 0 Å². The summed E-state index contributed by atoms with van der Waals surface area (Å²) >= 11 is 6.04. The minimum atomic E-state index is -0.203. The summed E-state index contributed by atoms with van der Waals surface area (Å²) in [6.45, 7) is 2.83. The summed E-state index contributed by atoms with van der Waals surface area (Å²) in [5.74, 6) is 0.625. The van der Waals surface area contributed by atoms with E-state index < -0.39 is 0 Å². The highest BCUT2D eigenvalue weighted by Gasteiger charge is 2.18. The largest absolute Gasteiger partial charge is 0.494 e. The maximum atomic E-state index is 12.0. The molecule has 1 aromatic carbocycles. The highest BCUT2D eigenvalue weighted by atomic mass is 35.5. The molecule has 6 heteroatoms. The fraction of sp³-hybridized carbons (Fsp3) is 0.333. The molecule has 1 aromatic heterocycles. The number of ether oxygens (including phenoxy) is 1. The van der Waals surface area contributed by atoms with Crippen molar-refractivity contribution in [2.45, 2.75) is 13.3 Å². The molecule has 21 heavy (non-hydrogen) atoms. The van der Waals surface area contributed by atoms with Crippen LogP contribution in [0.3, 0.4) is 0 Å². The molecule has 0 saturated heterocycles.